The quantitative estimate of drug-likeness (QED) is 0.554. The number of halogens is 1. The van der Waals surface area contributed by atoms with Crippen molar-refractivity contribution in [2.75, 3.05) is 0 Å². The molecule has 1 aromatic heterocycles. The zero-order valence-electron chi connectivity index (χ0n) is 6.14. The molecule has 0 spiro atoms. The fourth-order valence-electron chi connectivity index (χ4n) is 0.699. The summed E-state index contributed by atoms with van der Waals surface area (Å²) in [6, 6.07) is 0. The third-order valence-corrected chi connectivity index (χ3v) is 1.42. The molecule has 5 heteroatoms. The van der Waals surface area contributed by atoms with Crippen molar-refractivity contribution in [3.63, 3.8) is 0 Å². The van der Waals surface area contributed by atoms with E-state index in [0.29, 0.717) is 4.57 Å². The van der Waals surface area contributed by atoms with Crippen molar-refractivity contribution in [3.8, 4) is 0 Å². The summed E-state index contributed by atoms with van der Waals surface area (Å²) in [5.41, 5.74) is -1.53. The van der Waals surface area contributed by atoms with Crippen LogP contribution in [0.1, 0.15) is 5.69 Å². The van der Waals surface area contributed by atoms with Crippen molar-refractivity contribution in [3.05, 3.63) is 32.3 Å². The molecular weight excluding hydrogens is 151 g/mol. The second-order valence-electron chi connectivity index (χ2n) is 2.23. The number of hydrogen-bond donors (Lipinski definition) is 1. The van der Waals surface area contributed by atoms with E-state index in [4.69, 9.17) is 0 Å². The Morgan fingerprint density at radius 1 is 1.45 bits per heavy atom. The number of nitrogens with zero attached hydrogens (tertiary/aromatic N) is 1. The largest absolute Gasteiger partial charge is 0.328 e. The summed E-state index contributed by atoms with van der Waals surface area (Å²) in [6.45, 7) is 1.33. The number of nitrogens with one attached hydrogen (secondary N) is 1. The molecule has 0 atom stereocenters. The van der Waals surface area contributed by atoms with Gasteiger partial charge in [0.25, 0.3) is 5.56 Å². The van der Waals surface area contributed by atoms with E-state index < -0.39 is 17.1 Å². The zero-order valence-corrected chi connectivity index (χ0v) is 6.14. The molecule has 0 fully saturated rings. The van der Waals surface area contributed by atoms with E-state index >= 15 is 0 Å². The highest BCUT2D eigenvalue weighted by atomic mass is 19.1. The molecule has 0 saturated heterocycles. The molecule has 60 valence electrons. The van der Waals surface area contributed by atoms with Crippen LogP contribution in [0.25, 0.3) is 0 Å². The Hall–Kier alpha value is -1.39. The third-order valence-electron chi connectivity index (χ3n) is 1.42. The number of rotatable bonds is 0. The average molecular weight is 158 g/mol. The first-order valence-corrected chi connectivity index (χ1v) is 2.99. The van der Waals surface area contributed by atoms with Crippen LogP contribution in [0.4, 0.5) is 4.39 Å². The van der Waals surface area contributed by atoms with Gasteiger partial charge in [0.05, 0.1) is 5.69 Å². The van der Waals surface area contributed by atoms with Crippen molar-refractivity contribution < 1.29 is 4.39 Å². The van der Waals surface area contributed by atoms with Crippen LogP contribution < -0.4 is 11.2 Å². The van der Waals surface area contributed by atoms with Gasteiger partial charge in [-0.05, 0) is 6.92 Å². The van der Waals surface area contributed by atoms with Crippen LogP contribution in [0, 0.1) is 12.7 Å². The molecule has 0 aliphatic carbocycles. The topological polar surface area (TPSA) is 54.9 Å². The van der Waals surface area contributed by atoms with Gasteiger partial charge in [-0.2, -0.15) is 4.39 Å². The molecule has 0 unspecified atom stereocenters. The van der Waals surface area contributed by atoms with E-state index in [0.717, 1.165) is 0 Å². The highest BCUT2D eigenvalue weighted by Gasteiger charge is 2.06. The van der Waals surface area contributed by atoms with Crippen molar-refractivity contribution in [1.82, 2.24) is 9.55 Å². The van der Waals surface area contributed by atoms with Crippen LogP contribution in [0.3, 0.4) is 0 Å². The summed E-state index contributed by atoms with van der Waals surface area (Å²) >= 11 is 0. The van der Waals surface area contributed by atoms with Crippen LogP contribution >= 0.6 is 0 Å². The first-order valence-electron chi connectivity index (χ1n) is 2.99. The lowest BCUT2D eigenvalue weighted by molar-refractivity contribution is 0.558. The Morgan fingerprint density at radius 2 is 2.00 bits per heavy atom. The zero-order chi connectivity index (χ0) is 8.59. The molecule has 0 radical (unpaired) electrons. The minimum Gasteiger partial charge on any atom is -0.308 e. The number of aromatic nitrogens is 2. The summed E-state index contributed by atoms with van der Waals surface area (Å²) in [4.78, 5) is 23.7. The van der Waals surface area contributed by atoms with E-state index in [2.05, 4.69) is 4.98 Å². The summed E-state index contributed by atoms with van der Waals surface area (Å²) in [6.07, 6.45) is 0. The van der Waals surface area contributed by atoms with Gasteiger partial charge in [-0.25, -0.2) is 4.79 Å². The number of aryl methyl sites for hydroxylation is 1. The van der Waals surface area contributed by atoms with E-state index in [1.165, 1.54) is 14.0 Å². The molecule has 4 nitrogen and oxygen atoms in total. The second kappa shape index (κ2) is 2.34. The molecule has 0 saturated carbocycles. The fourth-order valence-corrected chi connectivity index (χ4v) is 0.699. The summed E-state index contributed by atoms with van der Waals surface area (Å²) in [5.74, 6) is -0.910. The second-order valence-corrected chi connectivity index (χ2v) is 2.23. The van der Waals surface area contributed by atoms with Crippen molar-refractivity contribution in [2.45, 2.75) is 6.92 Å². The van der Waals surface area contributed by atoms with E-state index in [-0.39, 0.29) is 5.69 Å². The first-order chi connectivity index (χ1) is 5.04. The van der Waals surface area contributed by atoms with Crippen molar-refractivity contribution >= 4 is 0 Å². The molecule has 11 heavy (non-hydrogen) atoms. The highest BCUT2D eigenvalue weighted by molar-refractivity contribution is 4.99. The highest BCUT2D eigenvalue weighted by Crippen LogP contribution is 1.89. The van der Waals surface area contributed by atoms with Crippen LogP contribution in [-0.4, -0.2) is 9.55 Å². The van der Waals surface area contributed by atoms with E-state index in [9.17, 15) is 14.0 Å². The Morgan fingerprint density at radius 3 is 2.55 bits per heavy atom. The van der Waals surface area contributed by atoms with Gasteiger partial charge in [0.2, 0.25) is 5.82 Å². The molecule has 1 N–H and O–H groups in total. The first kappa shape index (κ1) is 7.71. The lowest BCUT2D eigenvalue weighted by atomic mass is 10.4. The van der Waals surface area contributed by atoms with Gasteiger partial charge < -0.3 is 4.98 Å². The lowest BCUT2D eigenvalue weighted by Crippen LogP contribution is -2.35. The van der Waals surface area contributed by atoms with Crippen LogP contribution in [0.2, 0.25) is 0 Å². The maximum absolute atomic E-state index is 12.7. The van der Waals surface area contributed by atoms with Gasteiger partial charge in [-0.15, -0.1) is 0 Å². The van der Waals surface area contributed by atoms with Gasteiger partial charge in [0.1, 0.15) is 0 Å². The van der Waals surface area contributed by atoms with Gasteiger partial charge in [0, 0.05) is 7.05 Å². The van der Waals surface area contributed by atoms with Crippen LogP contribution in [0.5, 0.6) is 0 Å². The molecule has 1 heterocycles. The van der Waals surface area contributed by atoms with Crippen molar-refractivity contribution in [1.29, 1.82) is 0 Å². The maximum atomic E-state index is 12.7. The Balaban J connectivity index is 3.74. The Bertz CT molecular complexity index is 391. The van der Waals surface area contributed by atoms with E-state index in [1.807, 2.05) is 0 Å². The Kier molecular flexibility index (Phi) is 1.64. The summed E-state index contributed by atoms with van der Waals surface area (Å²) in [5, 5.41) is 0. The SMILES string of the molecule is Cc1[nH]c(=O)n(C)c(=O)c1F. The molecule has 0 aliphatic heterocycles. The van der Waals surface area contributed by atoms with Gasteiger partial charge in [-0.1, -0.05) is 0 Å². The molecular formula is C6H7FN2O2. The molecule has 0 aliphatic rings. The normalized spacial score (nSPS) is 10.1. The molecule has 0 bridgehead atoms. The van der Waals surface area contributed by atoms with Gasteiger partial charge in [0.15, 0.2) is 0 Å². The van der Waals surface area contributed by atoms with Gasteiger partial charge >= 0.3 is 5.69 Å². The predicted molar refractivity (Wildman–Crippen MR) is 37.0 cm³/mol. The summed E-state index contributed by atoms with van der Waals surface area (Å²) < 4.78 is 13.4. The molecule has 0 amide bonds. The number of hydrogen-bond acceptors (Lipinski definition) is 2. The smallest absolute Gasteiger partial charge is 0.308 e. The predicted octanol–water partition coefficient (Wildman–Crippen LogP) is -0.479. The molecule has 1 aromatic rings. The van der Waals surface area contributed by atoms with Crippen LogP contribution in [-0.2, 0) is 7.05 Å². The standard InChI is InChI=1S/C6H7FN2O2/c1-3-4(7)5(10)9(2)6(11)8-3/h1-2H3,(H,8,11). The number of aromatic amines is 1. The minimum atomic E-state index is -0.910. The third kappa shape index (κ3) is 1.09. The van der Waals surface area contributed by atoms with Crippen molar-refractivity contribution in [2.24, 2.45) is 7.05 Å². The lowest BCUT2D eigenvalue weighted by Gasteiger charge is -1.97. The van der Waals surface area contributed by atoms with E-state index in [1.54, 1.807) is 0 Å². The minimum absolute atomic E-state index is 0.0295. The van der Waals surface area contributed by atoms with Gasteiger partial charge in [-0.3, -0.25) is 9.36 Å². The fraction of sp³-hybridized carbons (Fsp3) is 0.333. The maximum Gasteiger partial charge on any atom is 0.328 e. The molecule has 1 rings (SSSR count). The van der Waals surface area contributed by atoms with Crippen LogP contribution in [0.15, 0.2) is 9.59 Å². The average Bonchev–Trinajstić information content (AvgIpc) is 1.97. The summed E-state index contributed by atoms with van der Waals surface area (Å²) in [7, 11) is 1.21. The molecule has 0 aromatic carbocycles. The number of H-pyrrole nitrogens is 1. The Labute approximate surface area is 61.3 Å². The monoisotopic (exact) mass is 158 g/mol.